The van der Waals surface area contributed by atoms with Gasteiger partial charge in [-0.3, -0.25) is 4.99 Å². The van der Waals surface area contributed by atoms with Gasteiger partial charge in [0.25, 0.3) is 0 Å². The second-order valence-electron chi connectivity index (χ2n) is 7.00. The zero-order valence-corrected chi connectivity index (χ0v) is 16.5. The molecule has 24 heavy (non-hydrogen) atoms. The van der Waals surface area contributed by atoms with Gasteiger partial charge in [0.2, 0.25) is 0 Å². The zero-order valence-electron chi connectivity index (χ0n) is 15.3. The predicted molar refractivity (Wildman–Crippen MR) is 107 cm³/mol. The summed E-state index contributed by atoms with van der Waals surface area (Å²) in [6.45, 7) is 14.0. The van der Waals surface area contributed by atoms with E-state index in [9.17, 15) is 4.39 Å². The first kappa shape index (κ1) is 18.8. The van der Waals surface area contributed by atoms with Crippen LogP contribution in [0.2, 0.25) is 0 Å². The number of halogens is 1. The summed E-state index contributed by atoms with van der Waals surface area (Å²) in [4.78, 5) is 4.76. The topological polar surface area (TPSA) is 12.4 Å². The molecule has 1 aliphatic heterocycles. The highest BCUT2D eigenvalue weighted by atomic mass is 31.0. The van der Waals surface area contributed by atoms with E-state index in [1.54, 1.807) is 6.92 Å². The number of rotatable bonds is 4. The van der Waals surface area contributed by atoms with Crippen LogP contribution >= 0.6 is 9.24 Å². The van der Waals surface area contributed by atoms with E-state index in [4.69, 9.17) is 4.99 Å². The Balaban J connectivity index is 2.32. The van der Waals surface area contributed by atoms with Crippen molar-refractivity contribution in [3.63, 3.8) is 0 Å². The maximum atomic E-state index is 14.0. The van der Waals surface area contributed by atoms with Crippen LogP contribution in [-0.2, 0) is 0 Å². The first-order valence-corrected chi connectivity index (χ1v) is 8.84. The first-order valence-electron chi connectivity index (χ1n) is 8.26. The van der Waals surface area contributed by atoms with E-state index in [0.717, 1.165) is 40.1 Å². The van der Waals surface area contributed by atoms with Gasteiger partial charge in [0.15, 0.2) is 0 Å². The van der Waals surface area contributed by atoms with Crippen LogP contribution in [-0.4, -0.2) is 11.1 Å². The lowest BCUT2D eigenvalue weighted by molar-refractivity contribution is 0.315. The minimum Gasteiger partial charge on any atom is -0.257 e. The molecule has 0 aliphatic carbocycles. The molecule has 0 spiro atoms. The van der Waals surface area contributed by atoms with Gasteiger partial charge in [-0.25, -0.2) is 4.39 Å². The summed E-state index contributed by atoms with van der Waals surface area (Å²) in [5.74, 6) is 0. The molecule has 2 unspecified atom stereocenters. The molecule has 1 nitrogen and oxygen atoms in total. The monoisotopic (exact) mass is 343 g/mol. The Labute approximate surface area is 147 Å². The van der Waals surface area contributed by atoms with Crippen molar-refractivity contribution in [3.8, 4) is 0 Å². The van der Waals surface area contributed by atoms with Gasteiger partial charge in [0, 0.05) is 24.3 Å². The van der Waals surface area contributed by atoms with Gasteiger partial charge in [-0.05, 0) is 56.9 Å². The molecule has 0 saturated heterocycles. The molecule has 3 heteroatoms. The Morgan fingerprint density at radius 3 is 2.33 bits per heavy atom. The van der Waals surface area contributed by atoms with Gasteiger partial charge in [-0.2, -0.15) is 0 Å². The fourth-order valence-electron chi connectivity index (χ4n) is 2.96. The van der Waals surface area contributed by atoms with Crippen molar-refractivity contribution in [2.45, 2.75) is 52.9 Å². The van der Waals surface area contributed by atoms with Crippen LogP contribution in [0.15, 0.2) is 58.3 Å². The van der Waals surface area contributed by atoms with E-state index in [-0.39, 0.29) is 0 Å². The van der Waals surface area contributed by atoms with Crippen molar-refractivity contribution in [1.29, 1.82) is 0 Å². The highest BCUT2D eigenvalue weighted by molar-refractivity contribution is 7.18. The third kappa shape index (κ3) is 4.51. The van der Waals surface area contributed by atoms with Crippen LogP contribution < -0.4 is 0 Å². The molecular formula is C21H27FNP. The molecule has 0 fully saturated rings. The number of aliphatic imine (C=N–C) groups is 1. The molecule has 128 valence electrons. The maximum absolute atomic E-state index is 14.0. The molecular weight excluding hydrogens is 316 g/mol. The third-order valence-electron chi connectivity index (χ3n) is 4.50. The number of allylic oxidation sites excluding steroid dienone is 4. The van der Waals surface area contributed by atoms with Gasteiger partial charge in [0.1, 0.15) is 5.41 Å². The van der Waals surface area contributed by atoms with Crippen molar-refractivity contribution in [1.82, 2.24) is 0 Å². The Kier molecular flexibility index (Phi) is 5.60. The summed E-state index contributed by atoms with van der Waals surface area (Å²) < 4.78 is 14.0. The van der Waals surface area contributed by atoms with Gasteiger partial charge in [-0.15, -0.1) is 0 Å². The number of hydrogen-bond acceptors (Lipinski definition) is 1. The Morgan fingerprint density at radius 1 is 1.25 bits per heavy atom. The number of dihydropyridines is 1. The maximum Gasteiger partial charge on any atom is 0.125 e. The molecule has 1 aromatic rings. The van der Waals surface area contributed by atoms with Gasteiger partial charge in [0.05, 0.1) is 0 Å². The zero-order chi connectivity index (χ0) is 18.1. The van der Waals surface area contributed by atoms with E-state index >= 15 is 0 Å². The number of nitrogens with zero attached hydrogens (tertiary/aromatic N) is 1. The normalized spacial score (nSPS) is 19.7. The summed E-state index contributed by atoms with van der Waals surface area (Å²) in [6, 6.07) is 8.38. The van der Waals surface area contributed by atoms with Crippen LogP contribution in [0.4, 0.5) is 4.39 Å². The van der Waals surface area contributed by atoms with E-state index < -0.39 is 5.41 Å². The largest absolute Gasteiger partial charge is 0.257 e. The van der Waals surface area contributed by atoms with Crippen molar-refractivity contribution < 1.29 is 4.39 Å². The van der Waals surface area contributed by atoms with Gasteiger partial charge >= 0.3 is 0 Å². The molecule has 2 atom stereocenters. The smallest absolute Gasteiger partial charge is 0.125 e. The van der Waals surface area contributed by atoms with Gasteiger partial charge < -0.3 is 0 Å². The molecule has 0 saturated carbocycles. The predicted octanol–water partition coefficient (Wildman–Crippen LogP) is 6.41. The summed E-state index contributed by atoms with van der Waals surface area (Å²) in [5.41, 5.74) is 8.63. The van der Waals surface area contributed by atoms with Crippen LogP contribution in [0.25, 0.3) is 5.57 Å². The summed E-state index contributed by atoms with van der Waals surface area (Å²) in [6.07, 6.45) is 1.13. The Hall–Kier alpha value is -1.53. The Morgan fingerprint density at radius 2 is 1.83 bits per heavy atom. The highest BCUT2D eigenvalue weighted by Crippen LogP contribution is 2.36. The molecule has 0 radical (unpaired) electrons. The van der Waals surface area contributed by atoms with Crippen molar-refractivity contribution in [3.05, 3.63) is 64.4 Å². The molecule has 0 amide bonds. The minimum atomic E-state index is -1.30. The molecule has 0 bridgehead atoms. The summed E-state index contributed by atoms with van der Waals surface area (Å²) in [7, 11) is 2.27. The Bertz CT molecular complexity index is 743. The first-order chi connectivity index (χ1) is 11.1. The second kappa shape index (κ2) is 7.15. The van der Waals surface area contributed by atoms with Crippen molar-refractivity contribution in [2.75, 3.05) is 0 Å². The average Bonchev–Trinajstić information content (AvgIpc) is 2.49. The van der Waals surface area contributed by atoms with Crippen LogP contribution in [0.5, 0.6) is 0 Å². The fraction of sp³-hybridized carbons (Fsp3) is 0.381. The van der Waals surface area contributed by atoms with E-state index in [2.05, 4.69) is 60.9 Å². The fourth-order valence-corrected chi connectivity index (χ4v) is 3.17. The van der Waals surface area contributed by atoms with Crippen LogP contribution in [0, 0.1) is 6.92 Å². The molecule has 1 aromatic carbocycles. The molecule has 1 aliphatic rings. The van der Waals surface area contributed by atoms with Crippen molar-refractivity contribution in [2.24, 2.45) is 4.99 Å². The summed E-state index contributed by atoms with van der Waals surface area (Å²) in [5, 5.41) is -1.30. The number of aryl methyl sites for hydroxylation is 1. The third-order valence-corrected chi connectivity index (χ3v) is 4.70. The molecule has 0 N–H and O–H groups in total. The molecule has 0 aromatic heterocycles. The van der Waals surface area contributed by atoms with Crippen LogP contribution in [0.3, 0.4) is 0 Å². The van der Waals surface area contributed by atoms with Crippen LogP contribution in [0.1, 0.15) is 51.7 Å². The van der Waals surface area contributed by atoms with E-state index in [1.165, 1.54) is 11.1 Å². The van der Waals surface area contributed by atoms with Crippen molar-refractivity contribution >= 4 is 20.5 Å². The minimum absolute atomic E-state index is 0.379. The van der Waals surface area contributed by atoms with E-state index in [0.29, 0.717) is 6.42 Å². The van der Waals surface area contributed by atoms with E-state index in [1.807, 2.05) is 6.92 Å². The number of hydrogen-bond donors (Lipinski definition) is 0. The molecule has 2 rings (SSSR count). The summed E-state index contributed by atoms with van der Waals surface area (Å²) >= 11 is 0. The lowest BCUT2D eigenvalue weighted by Gasteiger charge is -2.24. The molecule has 1 heterocycles. The lowest BCUT2D eigenvalue weighted by atomic mass is 9.90. The number of benzene rings is 1. The average molecular weight is 343 g/mol. The SMILES string of the molecule is C=C(/C(C)=C1\CC(C)=C(CC(C)(F)P)C(C)=N1)c1ccc(C)cc1. The highest BCUT2D eigenvalue weighted by Gasteiger charge is 2.24. The van der Waals surface area contributed by atoms with Gasteiger partial charge in [-0.1, -0.05) is 51.2 Å². The standard InChI is InChI=1S/C21H27FNP/c1-13-7-9-18(10-8-13)15(3)16(4)20-11-14(2)19(17(5)23-20)12-21(6,22)24/h7-10H,3,11-12,24H2,1-2,4-6H3/b20-16+. The lowest BCUT2D eigenvalue weighted by Crippen LogP contribution is -2.16. The quantitative estimate of drug-likeness (QED) is 0.560. The second-order valence-corrected chi connectivity index (χ2v) is 8.21. The number of alkyl halides is 1.